The first kappa shape index (κ1) is 17.2. The highest BCUT2D eigenvalue weighted by atomic mass is 16.5. The van der Waals surface area contributed by atoms with Crippen molar-refractivity contribution in [3.63, 3.8) is 0 Å². The number of nitrogens with two attached hydrogens (primary N) is 1. The summed E-state index contributed by atoms with van der Waals surface area (Å²) < 4.78 is 5.08. The van der Waals surface area contributed by atoms with Crippen LogP contribution in [0, 0.1) is 0 Å². The number of hydrogen-bond acceptors (Lipinski definition) is 6. The highest BCUT2D eigenvalue weighted by molar-refractivity contribution is 5.73. The Bertz CT molecular complexity index is 439. The van der Waals surface area contributed by atoms with Gasteiger partial charge in [-0.15, -0.1) is 0 Å². The summed E-state index contributed by atoms with van der Waals surface area (Å²) in [6, 6.07) is 1.88. The van der Waals surface area contributed by atoms with Gasteiger partial charge in [0.1, 0.15) is 18.2 Å². The summed E-state index contributed by atoms with van der Waals surface area (Å²) in [5.41, 5.74) is 5.10. The van der Waals surface area contributed by atoms with Gasteiger partial charge in [-0.1, -0.05) is 6.92 Å². The lowest BCUT2D eigenvalue weighted by atomic mass is 10.2. The molecule has 0 aromatic carbocycles. The van der Waals surface area contributed by atoms with Gasteiger partial charge in [0.2, 0.25) is 5.91 Å². The maximum Gasteiger partial charge on any atom is 0.217 e. The van der Waals surface area contributed by atoms with Crippen molar-refractivity contribution in [1.82, 2.24) is 9.97 Å². The smallest absolute Gasteiger partial charge is 0.217 e. The van der Waals surface area contributed by atoms with Crippen LogP contribution in [-0.4, -0.2) is 36.1 Å². The molecule has 4 N–H and O–H groups in total. The van der Waals surface area contributed by atoms with E-state index in [4.69, 9.17) is 10.5 Å². The van der Waals surface area contributed by atoms with Gasteiger partial charge in [0, 0.05) is 32.7 Å². The molecule has 7 nitrogen and oxygen atoms in total. The molecule has 1 heterocycles. The monoisotopic (exact) mass is 295 g/mol. The van der Waals surface area contributed by atoms with Gasteiger partial charge in [-0.2, -0.15) is 0 Å². The Hall–Kier alpha value is -1.89. The third kappa shape index (κ3) is 7.45. The molecule has 0 spiro atoms. The SMILES string of the molecule is CCCNc1cc(NCCCCC(N)=O)nc(COC)n1. The molecule has 118 valence electrons. The zero-order valence-corrected chi connectivity index (χ0v) is 12.8. The highest BCUT2D eigenvalue weighted by Crippen LogP contribution is 2.12. The standard InChI is InChI=1S/C14H25N5O2/c1-3-7-16-12-9-13(19-14(18-12)10-21-2)17-8-5-4-6-11(15)20/h9H,3-8,10H2,1-2H3,(H2,15,20)(H2,16,17,18,19). The molecule has 1 aromatic heterocycles. The molecular formula is C14H25N5O2. The Morgan fingerprint density at radius 1 is 1.24 bits per heavy atom. The van der Waals surface area contributed by atoms with Crippen LogP contribution >= 0.6 is 0 Å². The molecule has 0 atom stereocenters. The number of ether oxygens (including phenoxy) is 1. The van der Waals surface area contributed by atoms with Crippen molar-refractivity contribution in [2.45, 2.75) is 39.2 Å². The zero-order chi connectivity index (χ0) is 15.5. The minimum Gasteiger partial charge on any atom is -0.377 e. The van der Waals surface area contributed by atoms with E-state index in [9.17, 15) is 4.79 Å². The number of methoxy groups -OCH3 is 1. The molecule has 0 saturated heterocycles. The van der Waals surface area contributed by atoms with Gasteiger partial charge in [-0.25, -0.2) is 9.97 Å². The molecule has 0 bridgehead atoms. The number of anilines is 2. The number of amides is 1. The van der Waals surface area contributed by atoms with Gasteiger partial charge in [0.15, 0.2) is 5.82 Å². The Morgan fingerprint density at radius 3 is 2.48 bits per heavy atom. The minimum atomic E-state index is -0.259. The average Bonchev–Trinajstić information content (AvgIpc) is 2.44. The summed E-state index contributed by atoms with van der Waals surface area (Å²) >= 11 is 0. The van der Waals surface area contributed by atoms with E-state index in [1.165, 1.54) is 0 Å². The second-order valence-corrected chi connectivity index (χ2v) is 4.76. The number of unbranched alkanes of at least 4 members (excludes halogenated alkanes) is 1. The van der Waals surface area contributed by atoms with Crippen LogP contribution in [0.5, 0.6) is 0 Å². The summed E-state index contributed by atoms with van der Waals surface area (Å²) in [4.78, 5) is 19.4. The van der Waals surface area contributed by atoms with Gasteiger partial charge in [0.05, 0.1) is 0 Å². The van der Waals surface area contributed by atoms with Crippen LogP contribution in [0.1, 0.15) is 38.4 Å². The van der Waals surface area contributed by atoms with Gasteiger partial charge >= 0.3 is 0 Å². The predicted molar refractivity (Wildman–Crippen MR) is 83.1 cm³/mol. The third-order valence-corrected chi connectivity index (χ3v) is 2.76. The van der Waals surface area contributed by atoms with Crippen LogP contribution in [0.4, 0.5) is 11.6 Å². The maximum atomic E-state index is 10.7. The molecule has 0 aliphatic heterocycles. The topological polar surface area (TPSA) is 102 Å². The fraction of sp³-hybridized carbons (Fsp3) is 0.643. The molecule has 0 fully saturated rings. The van der Waals surface area contributed by atoms with Crippen LogP contribution < -0.4 is 16.4 Å². The van der Waals surface area contributed by atoms with E-state index in [1.54, 1.807) is 7.11 Å². The predicted octanol–water partition coefficient (Wildman–Crippen LogP) is 1.51. The minimum absolute atomic E-state index is 0.259. The van der Waals surface area contributed by atoms with Crippen LogP contribution in [0.2, 0.25) is 0 Å². The second kappa shape index (κ2) is 9.93. The first-order chi connectivity index (χ1) is 10.2. The number of nitrogens with one attached hydrogen (secondary N) is 2. The normalized spacial score (nSPS) is 10.4. The molecule has 0 unspecified atom stereocenters. The molecule has 0 aliphatic rings. The Morgan fingerprint density at radius 2 is 1.90 bits per heavy atom. The number of aromatic nitrogens is 2. The van der Waals surface area contributed by atoms with Gasteiger partial charge in [0.25, 0.3) is 0 Å². The third-order valence-electron chi connectivity index (χ3n) is 2.76. The van der Waals surface area contributed by atoms with E-state index >= 15 is 0 Å². The van der Waals surface area contributed by atoms with Crippen molar-refractivity contribution in [3.05, 3.63) is 11.9 Å². The molecule has 0 saturated carbocycles. The van der Waals surface area contributed by atoms with E-state index in [1.807, 2.05) is 6.07 Å². The van der Waals surface area contributed by atoms with E-state index in [2.05, 4.69) is 27.5 Å². The Kier molecular flexibility index (Phi) is 8.11. The summed E-state index contributed by atoms with van der Waals surface area (Å²) in [6.07, 6.45) is 3.09. The second-order valence-electron chi connectivity index (χ2n) is 4.76. The Balaban J connectivity index is 2.53. The van der Waals surface area contributed by atoms with Crippen LogP contribution in [0.3, 0.4) is 0 Å². The van der Waals surface area contributed by atoms with Gasteiger partial charge in [-0.3, -0.25) is 4.79 Å². The van der Waals surface area contributed by atoms with Gasteiger partial charge in [-0.05, 0) is 19.3 Å². The van der Waals surface area contributed by atoms with E-state index in [0.29, 0.717) is 18.9 Å². The number of carbonyl (C=O) groups excluding carboxylic acids is 1. The van der Waals surface area contributed by atoms with Crippen molar-refractivity contribution >= 4 is 17.5 Å². The van der Waals surface area contributed by atoms with Crippen LogP contribution in [-0.2, 0) is 16.1 Å². The van der Waals surface area contributed by atoms with Crippen molar-refractivity contribution in [1.29, 1.82) is 0 Å². The zero-order valence-electron chi connectivity index (χ0n) is 12.8. The van der Waals surface area contributed by atoms with E-state index in [-0.39, 0.29) is 5.91 Å². The number of primary amides is 1. The lowest BCUT2D eigenvalue weighted by molar-refractivity contribution is -0.118. The fourth-order valence-corrected chi connectivity index (χ4v) is 1.77. The fourth-order valence-electron chi connectivity index (χ4n) is 1.77. The summed E-state index contributed by atoms with van der Waals surface area (Å²) in [5.74, 6) is 1.93. The first-order valence-electron chi connectivity index (χ1n) is 7.28. The van der Waals surface area contributed by atoms with Crippen LogP contribution in [0.15, 0.2) is 6.07 Å². The molecule has 7 heteroatoms. The molecular weight excluding hydrogens is 270 g/mol. The van der Waals surface area contributed by atoms with Gasteiger partial charge < -0.3 is 21.1 Å². The first-order valence-corrected chi connectivity index (χ1v) is 7.28. The van der Waals surface area contributed by atoms with Crippen molar-refractivity contribution < 1.29 is 9.53 Å². The lowest BCUT2D eigenvalue weighted by Gasteiger charge is -2.10. The molecule has 1 aromatic rings. The van der Waals surface area contributed by atoms with Crippen LogP contribution in [0.25, 0.3) is 0 Å². The van der Waals surface area contributed by atoms with E-state index in [0.717, 1.165) is 44.0 Å². The lowest BCUT2D eigenvalue weighted by Crippen LogP contribution is -2.12. The number of nitrogens with zero attached hydrogens (tertiary/aromatic N) is 2. The quantitative estimate of drug-likeness (QED) is 0.535. The number of rotatable bonds is 11. The van der Waals surface area contributed by atoms with Crippen molar-refractivity contribution in [2.24, 2.45) is 5.73 Å². The number of hydrogen-bond donors (Lipinski definition) is 3. The number of carbonyl (C=O) groups is 1. The molecule has 0 aliphatic carbocycles. The molecule has 1 amide bonds. The molecule has 1 rings (SSSR count). The summed E-state index contributed by atoms with van der Waals surface area (Å²) in [6.45, 7) is 4.07. The van der Waals surface area contributed by atoms with E-state index < -0.39 is 0 Å². The Labute approximate surface area is 125 Å². The van der Waals surface area contributed by atoms with Crippen molar-refractivity contribution in [3.8, 4) is 0 Å². The average molecular weight is 295 g/mol. The maximum absolute atomic E-state index is 10.7. The summed E-state index contributed by atoms with van der Waals surface area (Å²) in [7, 11) is 1.62. The molecule has 0 radical (unpaired) electrons. The summed E-state index contributed by atoms with van der Waals surface area (Å²) in [5, 5.41) is 6.48. The largest absolute Gasteiger partial charge is 0.377 e. The van der Waals surface area contributed by atoms with Crippen molar-refractivity contribution in [2.75, 3.05) is 30.8 Å². The molecule has 21 heavy (non-hydrogen) atoms. The highest BCUT2D eigenvalue weighted by Gasteiger charge is 2.04.